The van der Waals surface area contributed by atoms with Crippen LogP contribution in [-0.4, -0.2) is 28.2 Å². The van der Waals surface area contributed by atoms with E-state index in [0.29, 0.717) is 11.5 Å². The molecule has 1 saturated carbocycles. The fourth-order valence-corrected chi connectivity index (χ4v) is 2.64. The van der Waals surface area contributed by atoms with Gasteiger partial charge in [0.15, 0.2) is 0 Å². The van der Waals surface area contributed by atoms with E-state index in [1.807, 2.05) is 0 Å². The van der Waals surface area contributed by atoms with Crippen LogP contribution < -0.4 is 10.6 Å². The highest BCUT2D eigenvalue weighted by molar-refractivity contribution is 5.91. The van der Waals surface area contributed by atoms with Crippen LogP contribution in [0.5, 0.6) is 0 Å². The fourth-order valence-electron chi connectivity index (χ4n) is 2.64. The molecule has 2 aromatic rings. The van der Waals surface area contributed by atoms with Crippen molar-refractivity contribution in [1.82, 2.24) is 14.9 Å². The maximum absolute atomic E-state index is 13.9. The molecule has 8 heteroatoms. The van der Waals surface area contributed by atoms with E-state index in [1.165, 1.54) is 16.8 Å². The largest absolute Gasteiger partial charge is 0.461 e. The molecule has 2 amide bonds. The van der Waals surface area contributed by atoms with Crippen molar-refractivity contribution in [3.05, 3.63) is 47.0 Å². The van der Waals surface area contributed by atoms with Crippen LogP contribution in [0.15, 0.2) is 24.4 Å². The van der Waals surface area contributed by atoms with Crippen molar-refractivity contribution in [1.29, 1.82) is 0 Å². The molecular weight excluding hydrogens is 339 g/mol. The smallest absolute Gasteiger partial charge is 0.356 e. The number of anilines is 1. The van der Waals surface area contributed by atoms with Gasteiger partial charge in [0.25, 0.3) is 0 Å². The molecule has 0 unspecified atom stereocenters. The second kappa shape index (κ2) is 7.55. The van der Waals surface area contributed by atoms with Gasteiger partial charge in [0.1, 0.15) is 11.5 Å². The average molecular weight is 360 g/mol. The van der Waals surface area contributed by atoms with Gasteiger partial charge < -0.3 is 14.6 Å². The summed E-state index contributed by atoms with van der Waals surface area (Å²) in [6.07, 6.45) is 3.58. The minimum atomic E-state index is -0.537. The summed E-state index contributed by atoms with van der Waals surface area (Å²) in [5.41, 5.74) is 1.77. The van der Waals surface area contributed by atoms with Crippen molar-refractivity contribution in [2.45, 2.75) is 32.2 Å². The van der Waals surface area contributed by atoms with E-state index in [2.05, 4.69) is 15.6 Å². The third-order valence-corrected chi connectivity index (χ3v) is 4.26. The number of urea groups is 1. The zero-order valence-corrected chi connectivity index (χ0v) is 14.7. The van der Waals surface area contributed by atoms with Crippen molar-refractivity contribution >= 4 is 17.9 Å². The average Bonchev–Trinajstić information content (AvgIpc) is 3.40. The Morgan fingerprint density at radius 1 is 1.38 bits per heavy atom. The summed E-state index contributed by atoms with van der Waals surface area (Å²) < 4.78 is 20.3. The number of nitrogens with one attached hydrogen (secondary N) is 2. The molecule has 0 radical (unpaired) electrons. The van der Waals surface area contributed by atoms with Gasteiger partial charge in [0.2, 0.25) is 5.95 Å². The Kier molecular flexibility index (Phi) is 5.20. The quantitative estimate of drug-likeness (QED) is 0.776. The third kappa shape index (κ3) is 4.01. The summed E-state index contributed by atoms with van der Waals surface area (Å²) >= 11 is 0. The van der Waals surface area contributed by atoms with E-state index in [0.717, 1.165) is 18.4 Å². The molecule has 138 valence electrons. The summed E-state index contributed by atoms with van der Waals surface area (Å²) in [4.78, 5) is 27.8. The lowest BCUT2D eigenvalue weighted by Crippen LogP contribution is -2.30. The Bertz CT molecular complexity index is 830. The number of hydrogen-bond acceptors (Lipinski definition) is 4. The second-order valence-corrected chi connectivity index (χ2v) is 6.18. The molecule has 0 aliphatic heterocycles. The van der Waals surface area contributed by atoms with E-state index in [-0.39, 0.29) is 30.6 Å². The van der Waals surface area contributed by atoms with Gasteiger partial charge in [-0.15, -0.1) is 0 Å². The molecule has 0 bridgehead atoms. The Balaban J connectivity index is 1.60. The number of ether oxygens (including phenoxy) is 1. The van der Waals surface area contributed by atoms with Crippen molar-refractivity contribution < 1.29 is 18.7 Å². The van der Waals surface area contributed by atoms with Crippen LogP contribution >= 0.6 is 0 Å². The molecule has 1 fully saturated rings. The highest BCUT2D eigenvalue weighted by Crippen LogP contribution is 2.40. The highest BCUT2D eigenvalue weighted by Gasteiger charge is 2.24. The summed E-state index contributed by atoms with van der Waals surface area (Å²) in [6, 6.07) is 4.49. The Labute approximate surface area is 150 Å². The molecule has 0 saturated heterocycles. The lowest BCUT2D eigenvalue weighted by Gasteiger charge is -2.10. The minimum absolute atomic E-state index is 0.0629. The van der Waals surface area contributed by atoms with Crippen LogP contribution in [0.1, 0.15) is 47.3 Å². The molecule has 1 aliphatic carbocycles. The van der Waals surface area contributed by atoms with Crippen molar-refractivity contribution in [3.63, 3.8) is 0 Å². The van der Waals surface area contributed by atoms with Crippen LogP contribution in [-0.2, 0) is 18.3 Å². The number of hydrogen-bond donors (Lipinski definition) is 2. The fraction of sp³-hybridized carbons (Fsp3) is 0.389. The number of nitrogens with zero attached hydrogens (tertiary/aromatic N) is 2. The van der Waals surface area contributed by atoms with E-state index in [9.17, 15) is 14.0 Å². The van der Waals surface area contributed by atoms with E-state index >= 15 is 0 Å². The van der Waals surface area contributed by atoms with Gasteiger partial charge in [-0.3, -0.25) is 5.32 Å². The molecule has 1 aromatic carbocycles. The van der Waals surface area contributed by atoms with Crippen LogP contribution in [0.2, 0.25) is 0 Å². The first-order valence-electron chi connectivity index (χ1n) is 8.51. The molecular formula is C18H21FN4O3. The lowest BCUT2D eigenvalue weighted by molar-refractivity contribution is 0.0515. The molecule has 1 heterocycles. The molecule has 2 N–H and O–H groups in total. The minimum Gasteiger partial charge on any atom is -0.461 e. The van der Waals surface area contributed by atoms with Gasteiger partial charge in [-0.2, -0.15) is 0 Å². The van der Waals surface area contributed by atoms with Crippen molar-refractivity contribution in [2.75, 3.05) is 11.9 Å². The van der Waals surface area contributed by atoms with Gasteiger partial charge >= 0.3 is 12.0 Å². The molecule has 0 atom stereocenters. The summed E-state index contributed by atoms with van der Waals surface area (Å²) in [5.74, 6) is -0.166. The number of halogens is 1. The zero-order chi connectivity index (χ0) is 18.7. The molecule has 3 rings (SSSR count). The first kappa shape index (κ1) is 17.9. The predicted octanol–water partition coefficient (Wildman–Crippen LogP) is 2.94. The van der Waals surface area contributed by atoms with Gasteiger partial charge in [-0.25, -0.2) is 19.0 Å². The summed E-state index contributed by atoms with van der Waals surface area (Å²) in [7, 11) is 1.59. The number of rotatable bonds is 6. The first-order valence-corrected chi connectivity index (χ1v) is 8.51. The molecule has 7 nitrogen and oxygen atoms in total. The SMILES string of the molecule is CCOC(=O)c1cnc(NC(=O)NCc2cc(C3CC3)ccc2F)n1C. The van der Waals surface area contributed by atoms with E-state index in [1.54, 1.807) is 26.1 Å². The Hall–Kier alpha value is -2.90. The summed E-state index contributed by atoms with van der Waals surface area (Å²) in [5, 5.41) is 5.14. The number of carbonyl (C=O) groups excluding carboxylic acids is 2. The molecule has 1 aromatic heterocycles. The maximum atomic E-state index is 13.9. The van der Waals surface area contributed by atoms with Gasteiger partial charge in [-0.1, -0.05) is 12.1 Å². The lowest BCUT2D eigenvalue weighted by atomic mass is 10.1. The monoisotopic (exact) mass is 360 g/mol. The normalized spacial score (nSPS) is 13.3. The highest BCUT2D eigenvalue weighted by atomic mass is 19.1. The standard InChI is InChI=1S/C18H21FN4O3/c1-3-26-16(24)15-10-20-17(23(15)2)22-18(25)21-9-13-8-12(11-4-5-11)6-7-14(13)19/h6-8,10-11H,3-5,9H2,1-2H3,(H2,20,21,22,25). The maximum Gasteiger partial charge on any atom is 0.356 e. The van der Waals surface area contributed by atoms with E-state index in [4.69, 9.17) is 4.74 Å². The van der Waals surface area contributed by atoms with Crippen molar-refractivity contribution in [3.8, 4) is 0 Å². The van der Waals surface area contributed by atoms with Gasteiger partial charge in [0, 0.05) is 19.2 Å². The number of imidazole rings is 1. The number of amides is 2. The first-order chi connectivity index (χ1) is 12.5. The topological polar surface area (TPSA) is 85.2 Å². The molecule has 26 heavy (non-hydrogen) atoms. The number of carbonyl (C=O) groups is 2. The van der Waals surface area contributed by atoms with Crippen molar-refractivity contribution in [2.24, 2.45) is 7.05 Å². The van der Waals surface area contributed by atoms with Crippen LogP contribution in [0.25, 0.3) is 0 Å². The number of esters is 1. The molecule has 1 aliphatic rings. The Morgan fingerprint density at radius 2 is 2.15 bits per heavy atom. The van der Waals surface area contributed by atoms with Gasteiger partial charge in [-0.05, 0) is 37.3 Å². The predicted molar refractivity (Wildman–Crippen MR) is 93.4 cm³/mol. The number of aromatic nitrogens is 2. The van der Waals surface area contributed by atoms with Crippen LogP contribution in [0.4, 0.5) is 15.1 Å². The van der Waals surface area contributed by atoms with E-state index < -0.39 is 12.0 Å². The number of benzene rings is 1. The van der Waals surface area contributed by atoms with Gasteiger partial charge in [0.05, 0.1) is 12.8 Å². The van der Waals surface area contributed by atoms with Crippen LogP contribution in [0.3, 0.4) is 0 Å². The third-order valence-electron chi connectivity index (χ3n) is 4.26. The summed E-state index contributed by atoms with van der Waals surface area (Å²) in [6.45, 7) is 2.02. The van der Waals surface area contributed by atoms with Crippen LogP contribution in [0, 0.1) is 5.82 Å². The Morgan fingerprint density at radius 3 is 2.85 bits per heavy atom. The molecule has 0 spiro atoms. The second-order valence-electron chi connectivity index (χ2n) is 6.18. The zero-order valence-electron chi connectivity index (χ0n) is 14.7.